The van der Waals surface area contributed by atoms with Crippen molar-refractivity contribution in [1.29, 1.82) is 0 Å². The van der Waals surface area contributed by atoms with Gasteiger partial charge in [0.2, 0.25) is 5.75 Å². The van der Waals surface area contributed by atoms with Gasteiger partial charge < -0.3 is 14.2 Å². The van der Waals surface area contributed by atoms with Crippen molar-refractivity contribution < 1.29 is 19.0 Å². The molecule has 21 heavy (non-hydrogen) atoms. The average Bonchev–Trinajstić information content (AvgIpc) is 2.53. The number of ether oxygens (including phenoxy) is 3. The molecular formula is C16H15ClO4. The topological polar surface area (TPSA) is 44.8 Å². The highest BCUT2D eigenvalue weighted by Crippen LogP contribution is 2.46. The lowest BCUT2D eigenvalue weighted by Gasteiger charge is -2.18. The van der Waals surface area contributed by atoms with E-state index in [1.54, 1.807) is 18.2 Å². The first kappa shape index (κ1) is 15.2. The summed E-state index contributed by atoms with van der Waals surface area (Å²) in [5, 5.41) is 0.617. The van der Waals surface area contributed by atoms with Crippen LogP contribution in [0.2, 0.25) is 5.02 Å². The van der Waals surface area contributed by atoms with Gasteiger partial charge in [-0.3, -0.25) is 4.79 Å². The number of hydrogen-bond donors (Lipinski definition) is 0. The van der Waals surface area contributed by atoms with Gasteiger partial charge in [-0.2, -0.15) is 0 Å². The summed E-state index contributed by atoms with van der Waals surface area (Å²) in [6.45, 7) is 0. The minimum absolute atomic E-state index is 0.439. The van der Waals surface area contributed by atoms with Gasteiger partial charge in [0, 0.05) is 16.1 Å². The van der Waals surface area contributed by atoms with Crippen LogP contribution < -0.4 is 14.2 Å². The van der Waals surface area contributed by atoms with E-state index < -0.39 is 0 Å². The summed E-state index contributed by atoms with van der Waals surface area (Å²) in [6.07, 6.45) is 0.758. The SMILES string of the molecule is COc1cc(C=O)c(-c2ccc(Cl)cc2)c(OC)c1OC. The monoisotopic (exact) mass is 306 g/mol. The molecule has 0 aliphatic heterocycles. The Balaban J connectivity index is 2.79. The van der Waals surface area contributed by atoms with Crippen LogP contribution in [0.4, 0.5) is 0 Å². The first-order valence-corrected chi connectivity index (χ1v) is 6.58. The standard InChI is InChI=1S/C16H15ClO4/c1-19-13-8-11(9-18)14(16(21-3)15(13)20-2)10-4-6-12(17)7-5-10/h4-9H,1-3H3. The van der Waals surface area contributed by atoms with Crippen molar-refractivity contribution in [1.82, 2.24) is 0 Å². The summed E-state index contributed by atoms with van der Waals surface area (Å²) in [6, 6.07) is 8.76. The fraction of sp³-hybridized carbons (Fsp3) is 0.188. The molecule has 0 unspecified atom stereocenters. The number of carbonyl (C=O) groups is 1. The summed E-state index contributed by atoms with van der Waals surface area (Å²) in [5.41, 5.74) is 1.90. The summed E-state index contributed by atoms with van der Waals surface area (Å²) in [5.74, 6) is 1.32. The van der Waals surface area contributed by atoms with Crippen LogP contribution in [0.3, 0.4) is 0 Å². The van der Waals surface area contributed by atoms with Gasteiger partial charge in [-0.05, 0) is 23.8 Å². The lowest BCUT2D eigenvalue weighted by atomic mass is 9.98. The van der Waals surface area contributed by atoms with Gasteiger partial charge in [0.1, 0.15) is 0 Å². The van der Waals surface area contributed by atoms with Crippen LogP contribution in [0, 0.1) is 0 Å². The molecule has 0 atom stereocenters. The maximum atomic E-state index is 11.4. The molecule has 2 rings (SSSR count). The molecule has 0 amide bonds. The van der Waals surface area contributed by atoms with Gasteiger partial charge in [-0.1, -0.05) is 23.7 Å². The molecule has 0 heterocycles. The van der Waals surface area contributed by atoms with Gasteiger partial charge in [-0.15, -0.1) is 0 Å². The lowest BCUT2D eigenvalue weighted by molar-refractivity contribution is 0.112. The molecule has 0 spiro atoms. The van der Waals surface area contributed by atoms with Gasteiger partial charge in [0.05, 0.1) is 21.3 Å². The van der Waals surface area contributed by atoms with Crippen molar-refractivity contribution in [3.63, 3.8) is 0 Å². The van der Waals surface area contributed by atoms with Crippen LogP contribution in [-0.2, 0) is 0 Å². The fourth-order valence-electron chi connectivity index (χ4n) is 2.18. The minimum atomic E-state index is 0.439. The molecule has 0 aliphatic carbocycles. The molecule has 0 saturated carbocycles. The van der Waals surface area contributed by atoms with Gasteiger partial charge in [0.25, 0.3) is 0 Å². The molecule has 0 radical (unpaired) electrons. The Morgan fingerprint density at radius 1 is 0.952 bits per heavy atom. The zero-order valence-electron chi connectivity index (χ0n) is 12.0. The highest BCUT2D eigenvalue weighted by molar-refractivity contribution is 6.30. The van der Waals surface area contributed by atoms with Crippen molar-refractivity contribution in [2.24, 2.45) is 0 Å². The Hall–Kier alpha value is -2.20. The third-order valence-corrected chi connectivity index (χ3v) is 3.37. The van der Waals surface area contributed by atoms with Crippen molar-refractivity contribution in [3.8, 4) is 28.4 Å². The van der Waals surface area contributed by atoms with Gasteiger partial charge in [0.15, 0.2) is 17.8 Å². The average molecular weight is 307 g/mol. The molecular weight excluding hydrogens is 292 g/mol. The molecule has 4 nitrogen and oxygen atoms in total. The van der Waals surface area contributed by atoms with Crippen LogP contribution in [0.5, 0.6) is 17.2 Å². The Morgan fingerprint density at radius 2 is 1.57 bits per heavy atom. The largest absolute Gasteiger partial charge is 0.493 e. The third-order valence-electron chi connectivity index (χ3n) is 3.12. The third kappa shape index (κ3) is 2.81. The molecule has 110 valence electrons. The van der Waals surface area contributed by atoms with E-state index in [9.17, 15) is 4.79 Å². The first-order valence-electron chi connectivity index (χ1n) is 6.20. The number of halogens is 1. The van der Waals surface area contributed by atoms with Gasteiger partial charge in [-0.25, -0.2) is 0 Å². The molecule has 0 bridgehead atoms. The fourth-order valence-corrected chi connectivity index (χ4v) is 2.31. The lowest BCUT2D eigenvalue weighted by Crippen LogP contribution is -2.00. The number of carbonyl (C=O) groups excluding carboxylic acids is 1. The van der Waals surface area contributed by atoms with Crippen molar-refractivity contribution in [2.75, 3.05) is 21.3 Å². The number of rotatable bonds is 5. The quantitative estimate of drug-likeness (QED) is 0.787. The van der Waals surface area contributed by atoms with Gasteiger partial charge >= 0.3 is 0 Å². The van der Waals surface area contributed by atoms with Crippen LogP contribution in [0.1, 0.15) is 10.4 Å². The second kappa shape index (κ2) is 6.50. The maximum Gasteiger partial charge on any atom is 0.203 e. The Labute approximate surface area is 128 Å². The van der Waals surface area contributed by atoms with E-state index in [-0.39, 0.29) is 0 Å². The van der Waals surface area contributed by atoms with E-state index in [2.05, 4.69) is 0 Å². The molecule has 0 fully saturated rings. The van der Waals surface area contributed by atoms with E-state index in [1.165, 1.54) is 21.3 Å². The highest BCUT2D eigenvalue weighted by atomic mass is 35.5. The summed E-state index contributed by atoms with van der Waals surface area (Å²) < 4.78 is 16.0. The van der Waals surface area contributed by atoms with Crippen molar-refractivity contribution >= 4 is 17.9 Å². The number of aldehydes is 1. The van der Waals surface area contributed by atoms with Crippen LogP contribution in [0.15, 0.2) is 30.3 Å². The molecule has 5 heteroatoms. The molecule has 0 saturated heterocycles. The van der Waals surface area contributed by atoms with Crippen molar-refractivity contribution in [3.05, 3.63) is 40.9 Å². The predicted molar refractivity (Wildman–Crippen MR) is 81.9 cm³/mol. The highest BCUT2D eigenvalue weighted by Gasteiger charge is 2.21. The molecule has 0 aromatic heterocycles. The maximum absolute atomic E-state index is 11.4. The summed E-state index contributed by atoms with van der Waals surface area (Å²) >= 11 is 5.91. The summed E-state index contributed by atoms with van der Waals surface area (Å²) in [4.78, 5) is 11.4. The van der Waals surface area contributed by atoms with Crippen LogP contribution in [-0.4, -0.2) is 27.6 Å². The summed E-state index contributed by atoms with van der Waals surface area (Å²) in [7, 11) is 4.55. The molecule has 2 aromatic carbocycles. The Bertz CT molecular complexity index is 650. The number of methoxy groups -OCH3 is 3. The van der Waals surface area contributed by atoms with Crippen LogP contribution >= 0.6 is 11.6 Å². The van der Waals surface area contributed by atoms with Crippen LogP contribution in [0.25, 0.3) is 11.1 Å². The zero-order chi connectivity index (χ0) is 15.4. The number of benzene rings is 2. The van der Waals surface area contributed by atoms with E-state index in [0.717, 1.165) is 11.8 Å². The molecule has 2 aromatic rings. The minimum Gasteiger partial charge on any atom is -0.493 e. The predicted octanol–water partition coefficient (Wildman–Crippen LogP) is 3.85. The molecule has 0 N–H and O–H groups in total. The van der Waals surface area contributed by atoms with E-state index in [1.807, 2.05) is 12.1 Å². The van der Waals surface area contributed by atoms with Crippen molar-refractivity contribution in [2.45, 2.75) is 0 Å². The van der Waals surface area contributed by atoms with E-state index in [0.29, 0.717) is 33.4 Å². The van der Waals surface area contributed by atoms with E-state index >= 15 is 0 Å². The smallest absolute Gasteiger partial charge is 0.203 e. The first-order chi connectivity index (χ1) is 10.2. The number of hydrogen-bond acceptors (Lipinski definition) is 4. The normalized spacial score (nSPS) is 10.1. The second-order valence-corrected chi connectivity index (χ2v) is 4.67. The van der Waals surface area contributed by atoms with E-state index in [4.69, 9.17) is 25.8 Å². The zero-order valence-corrected chi connectivity index (χ0v) is 12.7. The Morgan fingerprint density at radius 3 is 2.05 bits per heavy atom. The second-order valence-electron chi connectivity index (χ2n) is 4.23. The Kier molecular flexibility index (Phi) is 4.70. The molecule has 0 aliphatic rings.